The van der Waals surface area contributed by atoms with Crippen LogP contribution in [0.5, 0.6) is 11.5 Å². The van der Waals surface area contributed by atoms with E-state index in [-0.39, 0.29) is 36.2 Å². The number of aryl methyl sites for hydroxylation is 1. The number of aliphatic carboxylic acids is 1. The molecule has 2 aromatic heterocycles. The Kier molecular flexibility index (Phi) is 11.7. The lowest BCUT2D eigenvalue weighted by atomic mass is 10.1. The number of anilines is 2. The molecule has 0 aliphatic carbocycles. The number of benzene rings is 1. The molecule has 4 heterocycles. The highest BCUT2D eigenvalue weighted by molar-refractivity contribution is 6.21. The minimum atomic E-state index is -0.833. The van der Waals surface area contributed by atoms with E-state index in [2.05, 4.69) is 32.1 Å². The number of aliphatic imine (C=N–C) groups is 1. The quantitative estimate of drug-likeness (QED) is 0.207. The van der Waals surface area contributed by atoms with E-state index in [0.29, 0.717) is 23.7 Å². The van der Waals surface area contributed by atoms with Crippen LogP contribution in [0.15, 0.2) is 45.9 Å². The number of aromatic nitrogens is 1. The summed E-state index contributed by atoms with van der Waals surface area (Å²) in [5.41, 5.74) is 2.94. The third kappa shape index (κ3) is 9.14. The molecular weight excluding hydrogens is 582 g/mol. The molecule has 45 heavy (non-hydrogen) atoms. The molecule has 1 fully saturated rings. The van der Waals surface area contributed by atoms with E-state index >= 15 is 0 Å². The van der Waals surface area contributed by atoms with E-state index in [4.69, 9.17) is 28.5 Å². The van der Waals surface area contributed by atoms with Crippen molar-refractivity contribution in [1.82, 2.24) is 14.8 Å². The summed E-state index contributed by atoms with van der Waals surface area (Å²) in [6, 6.07) is 9.31. The van der Waals surface area contributed by atoms with Crippen LogP contribution in [0, 0.1) is 6.92 Å². The molecule has 2 aliphatic heterocycles. The molecule has 0 saturated carbocycles. The molecule has 1 saturated heterocycles. The highest BCUT2D eigenvalue weighted by Crippen LogP contribution is 2.40. The molecule has 0 bridgehead atoms. The number of methoxy groups -OCH3 is 1. The number of likely N-dealkylation sites (N-methyl/N-ethyl adjacent to an activating group) is 1. The monoisotopic (exact) mass is 621 g/mol. The second-order valence-corrected chi connectivity index (χ2v) is 10.5. The summed E-state index contributed by atoms with van der Waals surface area (Å²) in [7, 11) is 3.65. The number of furan rings is 1. The van der Waals surface area contributed by atoms with Crippen LogP contribution >= 0.6 is 0 Å². The molecule has 13 heteroatoms. The number of hydrogen-bond acceptors (Lipinski definition) is 12. The summed E-state index contributed by atoms with van der Waals surface area (Å²) in [6.45, 7) is 8.96. The number of fused-ring (bicyclic) bond motifs is 1. The summed E-state index contributed by atoms with van der Waals surface area (Å²) >= 11 is 0. The van der Waals surface area contributed by atoms with Crippen molar-refractivity contribution in [3.05, 3.63) is 59.0 Å². The zero-order valence-electron chi connectivity index (χ0n) is 25.9. The van der Waals surface area contributed by atoms with Crippen LogP contribution < -0.4 is 10.1 Å². The largest absolute Gasteiger partial charge is 0.504 e. The number of pyridine rings is 1. The Morgan fingerprint density at radius 2 is 1.89 bits per heavy atom. The molecule has 0 amide bonds. The molecule has 0 radical (unpaired) electrons. The number of hydrogen-bond donors (Lipinski definition) is 3. The van der Waals surface area contributed by atoms with Gasteiger partial charge < -0.3 is 39.1 Å². The van der Waals surface area contributed by atoms with Gasteiger partial charge in [0.1, 0.15) is 19.0 Å². The first-order chi connectivity index (χ1) is 21.7. The minimum Gasteiger partial charge on any atom is -0.504 e. The minimum absolute atomic E-state index is 0.0285. The molecule has 240 valence electrons. The van der Waals surface area contributed by atoms with Crippen molar-refractivity contribution in [1.29, 1.82) is 0 Å². The predicted molar refractivity (Wildman–Crippen MR) is 170 cm³/mol. The number of carboxylic acids is 1. The number of nitrogens with zero attached hydrogens (tertiary/aromatic N) is 4. The Hall–Kier alpha value is -4.72. The van der Waals surface area contributed by atoms with Crippen LogP contribution in [0.25, 0.3) is 11.6 Å². The number of aromatic hydroxyl groups is 1. The third-order valence-electron chi connectivity index (χ3n) is 7.06. The van der Waals surface area contributed by atoms with Crippen LogP contribution in [0.3, 0.4) is 0 Å². The summed E-state index contributed by atoms with van der Waals surface area (Å²) in [4.78, 5) is 35.2. The van der Waals surface area contributed by atoms with Crippen molar-refractivity contribution in [3.8, 4) is 11.5 Å². The second kappa shape index (κ2) is 15.8. The van der Waals surface area contributed by atoms with Crippen LogP contribution in [0.2, 0.25) is 0 Å². The molecular formula is C32H39N5O8. The number of ether oxygens (including phenoxy) is 3. The fraction of sp³-hybridized carbons (Fsp3) is 0.375. The van der Waals surface area contributed by atoms with Gasteiger partial charge in [-0.2, -0.15) is 0 Å². The zero-order valence-corrected chi connectivity index (χ0v) is 25.9. The highest BCUT2D eigenvalue weighted by Gasteiger charge is 2.28. The number of carbonyl (C=O) groups is 2. The van der Waals surface area contributed by atoms with E-state index in [1.807, 2.05) is 31.2 Å². The average Bonchev–Trinajstić information content (AvgIpc) is 3.55. The predicted octanol–water partition coefficient (Wildman–Crippen LogP) is 4.21. The Morgan fingerprint density at radius 1 is 1.13 bits per heavy atom. The van der Waals surface area contributed by atoms with Gasteiger partial charge in [0, 0.05) is 76.0 Å². The van der Waals surface area contributed by atoms with Crippen molar-refractivity contribution in [2.24, 2.45) is 4.99 Å². The highest BCUT2D eigenvalue weighted by atomic mass is 16.6. The van der Waals surface area contributed by atoms with Crippen LogP contribution in [0.4, 0.5) is 17.4 Å². The van der Waals surface area contributed by atoms with E-state index in [9.17, 15) is 9.90 Å². The number of carbonyl (C=O) groups excluding carboxylic acids is 1. The van der Waals surface area contributed by atoms with Gasteiger partial charge in [0.2, 0.25) is 5.88 Å². The lowest BCUT2D eigenvalue weighted by Crippen LogP contribution is -2.45. The molecule has 13 nitrogen and oxygen atoms in total. The molecule has 0 spiro atoms. The summed E-state index contributed by atoms with van der Waals surface area (Å²) in [5.74, 6) is -0.435. The fourth-order valence-corrected chi connectivity index (χ4v) is 4.64. The fourth-order valence-electron chi connectivity index (χ4n) is 4.64. The van der Waals surface area contributed by atoms with Gasteiger partial charge in [0.25, 0.3) is 5.97 Å². The normalized spacial score (nSPS) is 15.3. The topological polar surface area (TPSA) is 159 Å². The Bertz CT molecular complexity index is 1540. The van der Waals surface area contributed by atoms with E-state index in [0.717, 1.165) is 56.5 Å². The maximum Gasteiger partial charge on any atom is 0.347 e. The van der Waals surface area contributed by atoms with Crippen molar-refractivity contribution in [2.75, 3.05) is 72.0 Å². The summed E-state index contributed by atoms with van der Waals surface area (Å²) in [5, 5.41) is 21.6. The molecule has 2 aliphatic rings. The average molecular weight is 622 g/mol. The van der Waals surface area contributed by atoms with E-state index in [1.165, 1.54) is 7.11 Å². The maximum atomic E-state index is 13.0. The number of nitrogens with one attached hydrogen (secondary N) is 1. The Balaban J connectivity index is 0.00000109. The standard InChI is InChI=1S/C30H35N5O6.C2H4O2/c1-20-17-22(39-14-13-35-11-9-34(2)10-12-35)6-7-24(20)33-29-26(30(37)40-16-15-38-3)27(36)25(41-29)18-21-19-32-28-23(21)5-4-8-31-28;1-2(3)4/h4-8,17-19,33,36H,9-16H2,1-3H3;1H3,(H,3,4). The third-order valence-corrected chi connectivity index (χ3v) is 7.06. The maximum absolute atomic E-state index is 13.0. The van der Waals surface area contributed by atoms with Crippen LogP contribution in [-0.4, -0.2) is 110 Å². The number of piperazine rings is 1. The first-order valence-electron chi connectivity index (χ1n) is 14.5. The van der Waals surface area contributed by atoms with Gasteiger partial charge >= 0.3 is 5.97 Å². The van der Waals surface area contributed by atoms with Gasteiger partial charge in [-0.15, -0.1) is 0 Å². The summed E-state index contributed by atoms with van der Waals surface area (Å²) < 4.78 is 22.3. The number of rotatable bonds is 11. The van der Waals surface area contributed by atoms with Gasteiger partial charge in [-0.05, 0) is 55.9 Å². The lowest BCUT2D eigenvalue weighted by molar-refractivity contribution is -0.134. The van der Waals surface area contributed by atoms with Crippen molar-refractivity contribution < 1.29 is 38.4 Å². The lowest BCUT2D eigenvalue weighted by Gasteiger charge is -2.32. The SMILES string of the molecule is CC(=O)O.COCCOC(=O)c1c(Nc2ccc(OCCN3CCN(C)CC3)cc2C)oc(C=C2C=Nc3ncccc32)c1O. The first-order valence-corrected chi connectivity index (χ1v) is 14.5. The van der Waals surface area contributed by atoms with E-state index < -0.39 is 11.9 Å². The number of allylic oxidation sites excluding steroid dienone is 1. The second-order valence-electron chi connectivity index (χ2n) is 10.5. The van der Waals surface area contributed by atoms with Gasteiger partial charge in [-0.3, -0.25) is 9.69 Å². The Labute approximate surface area is 261 Å². The van der Waals surface area contributed by atoms with Gasteiger partial charge in [-0.25, -0.2) is 14.8 Å². The molecule has 0 unspecified atom stereocenters. The van der Waals surface area contributed by atoms with E-state index in [1.54, 1.807) is 24.6 Å². The van der Waals surface area contributed by atoms with Crippen molar-refractivity contribution >= 4 is 47.2 Å². The Morgan fingerprint density at radius 3 is 2.60 bits per heavy atom. The first kappa shape index (κ1) is 33.2. The molecule has 3 N–H and O–H groups in total. The van der Waals surface area contributed by atoms with Crippen LogP contribution in [-0.2, 0) is 14.3 Å². The van der Waals surface area contributed by atoms with Gasteiger partial charge in [-0.1, -0.05) is 0 Å². The van der Waals surface area contributed by atoms with Crippen molar-refractivity contribution in [3.63, 3.8) is 0 Å². The number of esters is 1. The van der Waals surface area contributed by atoms with Gasteiger partial charge in [0.15, 0.2) is 22.9 Å². The smallest absolute Gasteiger partial charge is 0.347 e. The zero-order chi connectivity index (χ0) is 32.3. The molecule has 1 aromatic carbocycles. The van der Waals surface area contributed by atoms with Gasteiger partial charge in [0.05, 0.1) is 6.61 Å². The molecule has 0 atom stereocenters. The van der Waals surface area contributed by atoms with Crippen molar-refractivity contribution in [2.45, 2.75) is 13.8 Å². The molecule has 3 aromatic rings. The van der Waals surface area contributed by atoms with Crippen LogP contribution in [0.1, 0.15) is 34.2 Å². The number of carboxylic acid groups (broad SMARTS) is 1. The summed E-state index contributed by atoms with van der Waals surface area (Å²) in [6.07, 6.45) is 4.91. The molecule has 5 rings (SSSR count).